The summed E-state index contributed by atoms with van der Waals surface area (Å²) < 4.78 is 25.6. The van der Waals surface area contributed by atoms with Gasteiger partial charge in [-0.3, -0.25) is 4.57 Å². The maximum absolute atomic E-state index is 12.3. The minimum Gasteiger partial charge on any atom is -0.313 e. The Kier molecular flexibility index (Phi) is 2.54. The van der Waals surface area contributed by atoms with Gasteiger partial charge in [0.1, 0.15) is 0 Å². The number of nitrogens with one attached hydrogen (secondary N) is 1. The van der Waals surface area contributed by atoms with E-state index < -0.39 is 6.55 Å². The van der Waals surface area contributed by atoms with Crippen molar-refractivity contribution in [1.82, 2.24) is 9.88 Å². The van der Waals surface area contributed by atoms with Gasteiger partial charge in [0.2, 0.25) is 0 Å². The van der Waals surface area contributed by atoms with Gasteiger partial charge in [-0.1, -0.05) is 0 Å². The number of rotatable bonds is 4. The Bertz CT molecular complexity index is 305. The Morgan fingerprint density at radius 1 is 1.50 bits per heavy atom. The first-order valence-corrected chi connectivity index (χ1v) is 4.85. The van der Waals surface area contributed by atoms with E-state index in [1.807, 2.05) is 7.05 Å². The maximum atomic E-state index is 12.3. The van der Waals surface area contributed by atoms with Crippen LogP contribution in [0.25, 0.3) is 0 Å². The van der Waals surface area contributed by atoms with Gasteiger partial charge in [0, 0.05) is 18.4 Å². The average Bonchev–Trinajstić information content (AvgIpc) is 2.84. The molecule has 78 valence electrons. The fourth-order valence-corrected chi connectivity index (χ4v) is 1.84. The minimum atomic E-state index is -2.43. The molecular formula is C10H14F2N2. The first-order chi connectivity index (χ1) is 6.72. The molecule has 4 heteroatoms. The van der Waals surface area contributed by atoms with Crippen LogP contribution >= 0.6 is 0 Å². The Morgan fingerprint density at radius 3 is 2.64 bits per heavy atom. The van der Waals surface area contributed by atoms with Crippen molar-refractivity contribution in [2.45, 2.75) is 25.4 Å². The average molecular weight is 200 g/mol. The van der Waals surface area contributed by atoms with E-state index in [4.69, 9.17) is 0 Å². The van der Waals surface area contributed by atoms with Crippen LogP contribution in [-0.2, 0) is 0 Å². The third-order valence-electron chi connectivity index (χ3n) is 2.73. The summed E-state index contributed by atoms with van der Waals surface area (Å²) in [5.41, 5.74) is 0.968. The summed E-state index contributed by atoms with van der Waals surface area (Å²) in [6, 6.07) is 2.01. The highest BCUT2D eigenvalue weighted by molar-refractivity contribution is 5.18. The van der Waals surface area contributed by atoms with Crippen LogP contribution in [0.2, 0.25) is 0 Å². The van der Waals surface area contributed by atoms with E-state index in [-0.39, 0.29) is 6.04 Å². The molecule has 0 aliphatic heterocycles. The zero-order valence-electron chi connectivity index (χ0n) is 8.08. The van der Waals surface area contributed by atoms with E-state index in [1.54, 1.807) is 6.07 Å². The third-order valence-corrected chi connectivity index (χ3v) is 2.73. The van der Waals surface area contributed by atoms with Gasteiger partial charge in [0.25, 0.3) is 0 Å². The molecule has 0 aromatic carbocycles. The van der Waals surface area contributed by atoms with Gasteiger partial charge in [-0.2, -0.15) is 8.78 Å². The fourth-order valence-electron chi connectivity index (χ4n) is 1.84. The second-order valence-electron chi connectivity index (χ2n) is 3.77. The van der Waals surface area contributed by atoms with E-state index in [0.29, 0.717) is 5.92 Å². The number of hydrogen-bond donors (Lipinski definition) is 1. The van der Waals surface area contributed by atoms with Crippen molar-refractivity contribution < 1.29 is 8.78 Å². The summed E-state index contributed by atoms with van der Waals surface area (Å²) in [6.07, 6.45) is 5.37. The van der Waals surface area contributed by atoms with Crippen molar-refractivity contribution in [3.8, 4) is 0 Å². The van der Waals surface area contributed by atoms with Crippen LogP contribution in [0.15, 0.2) is 18.5 Å². The molecule has 1 aromatic rings. The first-order valence-electron chi connectivity index (χ1n) is 4.85. The Hall–Kier alpha value is -0.900. The molecule has 0 radical (unpaired) electrons. The van der Waals surface area contributed by atoms with E-state index in [1.165, 1.54) is 25.2 Å². The summed E-state index contributed by atoms with van der Waals surface area (Å²) in [7, 11) is 1.88. The number of alkyl halides is 2. The summed E-state index contributed by atoms with van der Waals surface area (Å²) in [6.45, 7) is -2.43. The first kappa shape index (κ1) is 9.65. The SMILES string of the molecule is CNC(c1ccn(C(F)F)c1)C1CC1. The highest BCUT2D eigenvalue weighted by Gasteiger charge is 2.31. The normalized spacial score (nSPS) is 18.9. The third kappa shape index (κ3) is 1.80. The van der Waals surface area contributed by atoms with Crippen molar-refractivity contribution in [1.29, 1.82) is 0 Å². The molecule has 0 amide bonds. The molecule has 2 rings (SSSR count). The topological polar surface area (TPSA) is 17.0 Å². The largest absolute Gasteiger partial charge is 0.318 e. The molecule has 0 spiro atoms. The van der Waals surface area contributed by atoms with Crippen LogP contribution < -0.4 is 5.32 Å². The second kappa shape index (κ2) is 3.69. The number of halogens is 2. The van der Waals surface area contributed by atoms with Gasteiger partial charge in [-0.05, 0) is 37.4 Å². The predicted octanol–water partition coefficient (Wildman–Crippen LogP) is 2.55. The smallest absolute Gasteiger partial charge is 0.313 e. The summed E-state index contributed by atoms with van der Waals surface area (Å²) in [5.74, 6) is 0.633. The standard InChI is InChI=1S/C10H14F2N2/c1-13-9(7-2-3-7)8-4-5-14(6-8)10(11)12/h4-7,9-10,13H,2-3H2,1H3. The number of hydrogen-bond acceptors (Lipinski definition) is 1. The van der Waals surface area contributed by atoms with E-state index in [0.717, 1.165) is 10.1 Å². The van der Waals surface area contributed by atoms with Gasteiger partial charge >= 0.3 is 6.55 Å². The van der Waals surface area contributed by atoms with Crippen LogP contribution in [0.3, 0.4) is 0 Å². The van der Waals surface area contributed by atoms with Crippen molar-refractivity contribution >= 4 is 0 Å². The minimum absolute atomic E-state index is 0.245. The van der Waals surface area contributed by atoms with Crippen LogP contribution in [0.4, 0.5) is 8.78 Å². The molecule has 14 heavy (non-hydrogen) atoms. The number of aromatic nitrogens is 1. The zero-order valence-corrected chi connectivity index (χ0v) is 8.08. The fraction of sp³-hybridized carbons (Fsp3) is 0.600. The van der Waals surface area contributed by atoms with Crippen LogP contribution in [0.5, 0.6) is 0 Å². The van der Waals surface area contributed by atoms with E-state index >= 15 is 0 Å². The molecule has 1 unspecified atom stereocenters. The lowest BCUT2D eigenvalue weighted by molar-refractivity contribution is 0.0705. The molecule has 0 saturated heterocycles. The maximum Gasteiger partial charge on any atom is 0.318 e. The summed E-state index contributed by atoms with van der Waals surface area (Å²) in [5, 5.41) is 3.17. The Morgan fingerprint density at radius 2 is 2.21 bits per heavy atom. The van der Waals surface area contributed by atoms with E-state index in [9.17, 15) is 8.78 Å². The van der Waals surface area contributed by atoms with Crippen LogP contribution in [-0.4, -0.2) is 11.6 Å². The lowest BCUT2D eigenvalue weighted by Crippen LogP contribution is -2.17. The lowest BCUT2D eigenvalue weighted by atomic mass is 10.1. The highest BCUT2D eigenvalue weighted by atomic mass is 19.3. The van der Waals surface area contributed by atoms with Gasteiger partial charge in [0.05, 0.1) is 0 Å². The molecule has 1 saturated carbocycles. The van der Waals surface area contributed by atoms with Gasteiger partial charge in [-0.25, -0.2) is 0 Å². The monoisotopic (exact) mass is 200 g/mol. The van der Waals surface area contributed by atoms with Crippen molar-refractivity contribution in [3.63, 3.8) is 0 Å². The van der Waals surface area contributed by atoms with Crippen LogP contribution in [0.1, 0.15) is 31.0 Å². The second-order valence-corrected chi connectivity index (χ2v) is 3.77. The molecule has 0 bridgehead atoms. The van der Waals surface area contributed by atoms with Crippen molar-refractivity contribution in [3.05, 3.63) is 24.0 Å². The quantitative estimate of drug-likeness (QED) is 0.790. The Balaban J connectivity index is 2.13. The molecular weight excluding hydrogens is 186 g/mol. The molecule has 1 aliphatic carbocycles. The van der Waals surface area contributed by atoms with Crippen LogP contribution in [0, 0.1) is 5.92 Å². The molecule has 2 nitrogen and oxygen atoms in total. The predicted molar refractivity (Wildman–Crippen MR) is 50.2 cm³/mol. The molecule has 1 atom stereocenters. The van der Waals surface area contributed by atoms with Gasteiger partial charge in [0.15, 0.2) is 0 Å². The highest BCUT2D eigenvalue weighted by Crippen LogP contribution is 2.40. The van der Waals surface area contributed by atoms with Gasteiger partial charge in [-0.15, -0.1) is 0 Å². The van der Waals surface area contributed by atoms with Crippen molar-refractivity contribution in [2.75, 3.05) is 7.05 Å². The lowest BCUT2D eigenvalue weighted by Gasteiger charge is -2.13. The molecule has 1 N–H and O–H groups in total. The Labute approximate surface area is 81.9 Å². The van der Waals surface area contributed by atoms with Crippen molar-refractivity contribution in [2.24, 2.45) is 5.92 Å². The molecule has 1 aliphatic rings. The molecule has 1 heterocycles. The number of nitrogens with zero attached hydrogens (tertiary/aromatic N) is 1. The zero-order chi connectivity index (χ0) is 10.1. The summed E-state index contributed by atoms with van der Waals surface area (Å²) >= 11 is 0. The molecule has 1 aromatic heterocycles. The van der Waals surface area contributed by atoms with Gasteiger partial charge < -0.3 is 5.32 Å². The van der Waals surface area contributed by atoms with E-state index in [2.05, 4.69) is 5.32 Å². The molecule has 1 fully saturated rings. The summed E-state index contributed by atoms with van der Waals surface area (Å²) in [4.78, 5) is 0.